The van der Waals surface area contributed by atoms with Crippen LogP contribution in [0.25, 0.3) is 5.65 Å². The van der Waals surface area contributed by atoms with Gasteiger partial charge in [0, 0.05) is 25.2 Å². The van der Waals surface area contributed by atoms with E-state index in [0.717, 1.165) is 24.6 Å². The average Bonchev–Trinajstić information content (AvgIpc) is 2.46. The number of hydrogen-bond donors (Lipinski definition) is 1. The van der Waals surface area contributed by atoms with Crippen LogP contribution in [0.4, 0.5) is 0 Å². The van der Waals surface area contributed by atoms with Gasteiger partial charge in [0.15, 0.2) is 5.65 Å². The summed E-state index contributed by atoms with van der Waals surface area (Å²) in [6, 6.07) is 4.07. The third-order valence-corrected chi connectivity index (χ3v) is 2.72. The van der Waals surface area contributed by atoms with Crippen LogP contribution in [0.2, 0.25) is 0 Å². The van der Waals surface area contributed by atoms with Gasteiger partial charge in [-0.05, 0) is 18.6 Å². The molecule has 0 atom stereocenters. The van der Waals surface area contributed by atoms with Gasteiger partial charge < -0.3 is 5.32 Å². The number of pyridine rings is 1. The summed E-state index contributed by atoms with van der Waals surface area (Å²) >= 11 is 0. The van der Waals surface area contributed by atoms with Crippen LogP contribution in [0.5, 0.6) is 0 Å². The zero-order valence-corrected chi connectivity index (χ0v) is 8.07. The fourth-order valence-electron chi connectivity index (χ4n) is 1.76. The van der Waals surface area contributed by atoms with Gasteiger partial charge in [0.25, 0.3) is 0 Å². The Kier molecular flexibility index (Phi) is 1.58. The first-order valence-electron chi connectivity index (χ1n) is 4.86. The second kappa shape index (κ2) is 2.78. The first-order chi connectivity index (χ1) is 6.84. The smallest absolute Gasteiger partial charge is 0.160 e. The van der Waals surface area contributed by atoms with Crippen molar-refractivity contribution in [1.82, 2.24) is 19.9 Å². The third kappa shape index (κ3) is 1.04. The molecule has 3 rings (SSSR count). The molecule has 0 amide bonds. The predicted octanol–water partition coefficient (Wildman–Crippen LogP) is 0.725. The molecule has 14 heavy (non-hydrogen) atoms. The second-order valence-electron chi connectivity index (χ2n) is 3.85. The van der Waals surface area contributed by atoms with E-state index >= 15 is 0 Å². The molecule has 72 valence electrons. The highest BCUT2D eigenvalue weighted by Gasteiger charge is 2.23. The lowest BCUT2D eigenvalue weighted by atomic mass is 10.0. The van der Waals surface area contributed by atoms with Crippen LogP contribution >= 0.6 is 0 Å². The minimum absolute atomic E-state index is 0.534. The Balaban J connectivity index is 2.18. The van der Waals surface area contributed by atoms with E-state index in [4.69, 9.17) is 0 Å². The van der Waals surface area contributed by atoms with Crippen molar-refractivity contribution in [2.45, 2.75) is 12.8 Å². The summed E-state index contributed by atoms with van der Waals surface area (Å²) in [4.78, 5) is 0. The fourth-order valence-corrected chi connectivity index (χ4v) is 1.76. The Labute approximate surface area is 82.0 Å². The summed E-state index contributed by atoms with van der Waals surface area (Å²) in [6.45, 7) is 4.13. The van der Waals surface area contributed by atoms with E-state index in [0.29, 0.717) is 5.92 Å². The first-order valence-corrected chi connectivity index (χ1v) is 4.86. The molecule has 0 bridgehead atoms. The highest BCUT2D eigenvalue weighted by Crippen LogP contribution is 2.18. The van der Waals surface area contributed by atoms with Crippen molar-refractivity contribution in [3.8, 4) is 0 Å². The van der Waals surface area contributed by atoms with Gasteiger partial charge >= 0.3 is 0 Å². The molecule has 4 heteroatoms. The third-order valence-electron chi connectivity index (χ3n) is 2.72. The van der Waals surface area contributed by atoms with Crippen molar-refractivity contribution in [3.63, 3.8) is 0 Å². The van der Waals surface area contributed by atoms with Gasteiger partial charge in [0.2, 0.25) is 0 Å². The molecule has 2 aromatic rings. The minimum atomic E-state index is 0.534. The van der Waals surface area contributed by atoms with E-state index in [1.54, 1.807) is 0 Å². The molecular weight excluding hydrogens is 176 g/mol. The van der Waals surface area contributed by atoms with Crippen LogP contribution in [0.1, 0.15) is 17.3 Å². The maximum absolute atomic E-state index is 4.23. The van der Waals surface area contributed by atoms with Crippen LogP contribution < -0.4 is 5.32 Å². The van der Waals surface area contributed by atoms with Crippen molar-refractivity contribution < 1.29 is 0 Å². The summed E-state index contributed by atoms with van der Waals surface area (Å²) in [5, 5.41) is 11.6. The number of hydrogen-bond acceptors (Lipinski definition) is 3. The van der Waals surface area contributed by atoms with Crippen molar-refractivity contribution in [2.75, 3.05) is 13.1 Å². The Morgan fingerprint density at radius 1 is 1.36 bits per heavy atom. The monoisotopic (exact) mass is 188 g/mol. The van der Waals surface area contributed by atoms with Crippen LogP contribution in [-0.2, 0) is 0 Å². The molecule has 0 radical (unpaired) electrons. The highest BCUT2D eigenvalue weighted by molar-refractivity contribution is 5.40. The van der Waals surface area contributed by atoms with E-state index in [1.807, 2.05) is 6.07 Å². The zero-order chi connectivity index (χ0) is 9.54. The molecule has 1 N–H and O–H groups in total. The molecule has 0 aliphatic carbocycles. The van der Waals surface area contributed by atoms with Crippen molar-refractivity contribution in [1.29, 1.82) is 0 Å². The SMILES string of the molecule is Cc1ccc2nnc(C3CNC3)n2c1. The Hall–Kier alpha value is -1.42. The van der Waals surface area contributed by atoms with Gasteiger partial charge in [-0.15, -0.1) is 10.2 Å². The van der Waals surface area contributed by atoms with Gasteiger partial charge in [-0.3, -0.25) is 4.40 Å². The standard InChI is InChI=1S/C10H12N4/c1-7-2-3-9-12-13-10(14(9)6-7)8-4-11-5-8/h2-3,6,8,11H,4-5H2,1H3. The van der Waals surface area contributed by atoms with E-state index < -0.39 is 0 Å². The van der Waals surface area contributed by atoms with E-state index in [-0.39, 0.29) is 0 Å². The molecule has 2 aromatic heterocycles. The molecule has 1 aliphatic rings. The average molecular weight is 188 g/mol. The summed E-state index contributed by atoms with van der Waals surface area (Å²) in [7, 11) is 0. The maximum atomic E-state index is 4.23. The molecule has 3 heterocycles. The number of rotatable bonds is 1. The lowest BCUT2D eigenvalue weighted by Crippen LogP contribution is -2.40. The largest absolute Gasteiger partial charge is 0.315 e. The van der Waals surface area contributed by atoms with E-state index in [2.05, 4.69) is 39.1 Å². The van der Waals surface area contributed by atoms with Crippen LogP contribution in [0, 0.1) is 6.92 Å². The van der Waals surface area contributed by atoms with E-state index in [9.17, 15) is 0 Å². The number of nitrogens with zero attached hydrogens (tertiary/aromatic N) is 3. The summed E-state index contributed by atoms with van der Waals surface area (Å²) in [5.41, 5.74) is 2.18. The Morgan fingerprint density at radius 3 is 2.93 bits per heavy atom. The molecule has 1 fully saturated rings. The molecule has 0 saturated carbocycles. The molecule has 4 nitrogen and oxygen atoms in total. The first kappa shape index (κ1) is 7.94. The molecule has 1 aliphatic heterocycles. The van der Waals surface area contributed by atoms with Crippen LogP contribution in [0.3, 0.4) is 0 Å². The molecule has 0 unspecified atom stereocenters. The maximum Gasteiger partial charge on any atom is 0.160 e. The second-order valence-corrected chi connectivity index (χ2v) is 3.85. The lowest BCUT2D eigenvalue weighted by Gasteiger charge is -2.25. The van der Waals surface area contributed by atoms with Gasteiger partial charge in [0.1, 0.15) is 5.82 Å². The number of fused-ring (bicyclic) bond motifs is 1. The number of aromatic nitrogens is 3. The van der Waals surface area contributed by atoms with Crippen molar-refractivity contribution in [3.05, 3.63) is 29.7 Å². The minimum Gasteiger partial charge on any atom is -0.315 e. The van der Waals surface area contributed by atoms with Crippen LogP contribution in [-0.4, -0.2) is 27.7 Å². The Bertz CT molecular complexity index is 470. The molecule has 0 spiro atoms. The van der Waals surface area contributed by atoms with Gasteiger partial charge in [-0.25, -0.2) is 0 Å². The van der Waals surface area contributed by atoms with Gasteiger partial charge in [0.05, 0.1) is 0 Å². The normalized spacial score (nSPS) is 17.2. The van der Waals surface area contributed by atoms with Gasteiger partial charge in [-0.1, -0.05) is 6.07 Å². The van der Waals surface area contributed by atoms with E-state index in [1.165, 1.54) is 5.56 Å². The predicted molar refractivity (Wildman–Crippen MR) is 53.3 cm³/mol. The fraction of sp³-hybridized carbons (Fsp3) is 0.400. The summed E-state index contributed by atoms with van der Waals surface area (Å²) < 4.78 is 2.10. The highest BCUT2D eigenvalue weighted by atomic mass is 15.3. The van der Waals surface area contributed by atoms with Gasteiger partial charge in [-0.2, -0.15) is 0 Å². The summed E-state index contributed by atoms with van der Waals surface area (Å²) in [6.07, 6.45) is 2.10. The number of aryl methyl sites for hydroxylation is 1. The molecule has 0 aromatic carbocycles. The number of nitrogens with one attached hydrogen (secondary N) is 1. The van der Waals surface area contributed by atoms with Crippen LogP contribution in [0.15, 0.2) is 18.3 Å². The molecule has 1 saturated heterocycles. The van der Waals surface area contributed by atoms with Crippen molar-refractivity contribution in [2.24, 2.45) is 0 Å². The lowest BCUT2D eigenvalue weighted by molar-refractivity contribution is 0.427. The quantitative estimate of drug-likeness (QED) is 0.717. The van der Waals surface area contributed by atoms with Crippen molar-refractivity contribution >= 4 is 5.65 Å². The molecular formula is C10H12N4. The zero-order valence-electron chi connectivity index (χ0n) is 8.07. The Morgan fingerprint density at radius 2 is 2.21 bits per heavy atom. The summed E-state index contributed by atoms with van der Waals surface area (Å²) in [5.74, 6) is 1.62. The topological polar surface area (TPSA) is 42.2 Å².